The van der Waals surface area contributed by atoms with Gasteiger partial charge >= 0.3 is 0 Å². The summed E-state index contributed by atoms with van der Waals surface area (Å²) >= 11 is 3.00. The number of carbonyl (C=O) groups is 1. The van der Waals surface area contributed by atoms with Crippen molar-refractivity contribution in [3.05, 3.63) is 64.1 Å². The van der Waals surface area contributed by atoms with Crippen molar-refractivity contribution in [1.29, 1.82) is 0 Å². The summed E-state index contributed by atoms with van der Waals surface area (Å²) in [6.45, 7) is 0. The van der Waals surface area contributed by atoms with E-state index in [1.807, 2.05) is 0 Å². The van der Waals surface area contributed by atoms with Gasteiger partial charge in [-0.05, 0) is 34.1 Å². The third-order valence-electron chi connectivity index (χ3n) is 2.28. The summed E-state index contributed by atoms with van der Waals surface area (Å²) in [5.41, 5.74) is 0.318. The molecule has 1 N–H and O–H groups in total. The fourth-order valence-electron chi connectivity index (χ4n) is 1.44. The molecule has 0 atom stereocenters. The van der Waals surface area contributed by atoms with Gasteiger partial charge in [0.05, 0.1) is 5.69 Å². The maximum atomic E-state index is 13.5. The molecule has 0 aliphatic rings. The molecule has 0 spiro atoms. The Morgan fingerprint density at radius 3 is 2.39 bits per heavy atom. The van der Waals surface area contributed by atoms with Crippen molar-refractivity contribution in [2.24, 2.45) is 0 Å². The molecule has 0 bridgehead atoms. The van der Waals surface area contributed by atoms with Gasteiger partial charge in [-0.1, -0.05) is 18.2 Å². The molecule has 1 amide bonds. The first-order valence-electron chi connectivity index (χ1n) is 5.09. The molecule has 0 fully saturated rings. The largest absolute Gasteiger partial charge is 0.319 e. The highest BCUT2D eigenvalue weighted by Crippen LogP contribution is 2.27. The maximum Gasteiger partial charge on any atom is 0.255 e. The van der Waals surface area contributed by atoms with Gasteiger partial charge in [-0.3, -0.25) is 4.79 Å². The van der Waals surface area contributed by atoms with E-state index < -0.39 is 17.5 Å². The summed E-state index contributed by atoms with van der Waals surface area (Å²) in [6, 6.07) is 10.2. The minimum atomic E-state index is -0.828. The van der Waals surface area contributed by atoms with Crippen molar-refractivity contribution < 1.29 is 13.6 Å². The predicted octanol–water partition coefficient (Wildman–Crippen LogP) is 3.98. The average Bonchev–Trinajstić information content (AvgIpc) is 2.34. The smallest absolute Gasteiger partial charge is 0.255 e. The molecule has 18 heavy (non-hydrogen) atoms. The minimum Gasteiger partial charge on any atom is -0.319 e. The topological polar surface area (TPSA) is 29.1 Å². The lowest BCUT2D eigenvalue weighted by Gasteiger charge is -2.08. The van der Waals surface area contributed by atoms with Gasteiger partial charge in [0.2, 0.25) is 0 Å². The molecule has 92 valence electrons. The second-order valence-electron chi connectivity index (χ2n) is 3.56. The van der Waals surface area contributed by atoms with Gasteiger partial charge in [-0.25, -0.2) is 8.78 Å². The molecule has 0 aliphatic carbocycles. The van der Waals surface area contributed by atoms with Gasteiger partial charge in [0, 0.05) is 16.1 Å². The van der Waals surface area contributed by atoms with Gasteiger partial charge < -0.3 is 5.32 Å². The quantitative estimate of drug-likeness (QED) is 0.893. The van der Waals surface area contributed by atoms with Crippen molar-refractivity contribution in [2.75, 3.05) is 5.32 Å². The third-order valence-corrected chi connectivity index (χ3v) is 2.91. The Morgan fingerprint density at radius 1 is 1.11 bits per heavy atom. The van der Waals surface area contributed by atoms with E-state index in [2.05, 4.69) is 21.2 Å². The Bertz CT molecular complexity index is 564. The molecule has 2 rings (SSSR count). The summed E-state index contributed by atoms with van der Waals surface area (Å²) in [7, 11) is 0. The fourth-order valence-corrected chi connectivity index (χ4v) is 1.94. The van der Waals surface area contributed by atoms with Crippen LogP contribution in [0.2, 0.25) is 0 Å². The molecular weight excluding hydrogens is 304 g/mol. The van der Waals surface area contributed by atoms with Gasteiger partial charge in [0.15, 0.2) is 5.82 Å². The number of hydrogen-bond acceptors (Lipinski definition) is 1. The van der Waals surface area contributed by atoms with Crippen LogP contribution in [0.3, 0.4) is 0 Å². The number of halogens is 3. The molecule has 2 aromatic rings. The zero-order valence-electron chi connectivity index (χ0n) is 9.08. The van der Waals surface area contributed by atoms with E-state index in [4.69, 9.17) is 0 Å². The lowest BCUT2D eigenvalue weighted by atomic mass is 10.2. The number of hydrogen-bond donors (Lipinski definition) is 1. The number of nitrogens with one attached hydrogen (secondary N) is 1. The zero-order chi connectivity index (χ0) is 13.1. The van der Waals surface area contributed by atoms with Gasteiger partial charge in [0.1, 0.15) is 5.82 Å². The average molecular weight is 312 g/mol. The first kappa shape index (κ1) is 12.7. The second kappa shape index (κ2) is 5.27. The van der Waals surface area contributed by atoms with Crippen molar-refractivity contribution in [3.63, 3.8) is 0 Å². The van der Waals surface area contributed by atoms with E-state index in [-0.39, 0.29) is 10.2 Å². The van der Waals surface area contributed by atoms with Crippen LogP contribution in [0, 0.1) is 11.6 Å². The van der Waals surface area contributed by atoms with Gasteiger partial charge in [0.25, 0.3) is 5.91 Å². The van der Waals surface area contributed by atoms with E-state index in [1.165, 1.54) is 0 Å². The van der Waals surface area contributed by atoms with E-state index in [0.29, 0.717) is 11.6 Å². The van der Waals surface area contributed by atoms with E-state index in [0.717, 1.165) is 6.07 Å². The highest BCUT2D eigenvalue weighted by molar-refractivity contribution is 9.10. The standard InChI is InChI=1S/C13H8BrF2NO/c14-10-6-9(15)7-11(16)12(10)17-13(18)8-4-2-1-3-5-8/h1-7H,(H,17,18). The molecule has 2 aromatic carbocycles. The molecule has 5 heteroatoms. The normalized spacial score (nSPS) is 10.2. The zero-order valence-corrected chi connectivity index (χ0v) is 10.7. The summed E-state index contributed by atoms with van der Waals surface area (Å²) < 4.78 is 26.5. The van der Waals surface area contributed by atoms with Crippen LogP contribution in [0.15, 0.2) is 46.9 Å². The Kier molecular flexibility index (Phi) is 3.72. The molecule has 0 aromatic heterocycles. The van der Waals surface area contributed by atoms with Crippen LogP contribution in [0.25, 0.3) is 0 Å². The highest BCUT2D eigenvalue weighted by Gasteiger charge is 2.13. The maximum absolute atomic E-state index is 13.5. The Balaban J connectivity index is 2.28. The highest BCUT2D eigenvalue weighted by atomic mass is 79.9. The van der Waals surface area contributed by atoms with Gasteiger partial charge in [-0.15, -0.1) is 0 Å². The number of amides is 1. The number of anilines is 1. The van der Waals surface area contributed by atoms with Crippen LogP contribution >= 0.6 is 15.9 Å². The molecule has 0 unspecified atom stereocenters. The second-order valence-corrected chi connectivity index (χ2v) is 4.42. The van der Waals surface area contributed by atoms with Gasteiger partial charge in [-0.2, -0.15) is 0 Å². The number of rotatable bonds is 2. The van der Waals surface area contributed by atoms with Crippen LogP contribution in [-0.4, -0.2) is 5.91 Å². The predicted molar refractivity (Wildman–Crippen MR) is 68.5 cm³/mol. The van der Waals surface area contributed by atoms with Crippen LogP contribution in [0.5, 0.6) is 0 Å². The monoisotopic (exact) mass is 311 g/mol. The lowest BCUT2D eigenvalue weighted by molar-refractivity contribution is 0.102. The van der Waals surface area contributed by atoms with E-state index in [9.17, 15) is 13.6 Å². The SMILES string of the molecule is O=C(Nc1c(F)cc(F)cc1Br)c1ccccc1. The Morgan fingerprint density at radius 2 is 1.78 bits per heavy atom. The van der Waals surface area contributed by atoms with E-state index in [1.54, 1.807) is 30.3 Å². The number of carbonyl (C=O) groups excluding carboxylic acids is 1. The van der Waals surface area contributed by atoms with Crippen LogP contribution < -0.4 is 5.32 Å². The summed E-state index contributed by atoms with van der Waals surface area (Å²) in [5, 5.41) is 2.39. The molecule has 0 aliphatic heterocycles. The van der Waals surface area contributed by atoms with Crippen molar-refractivity contribution >= 4 is 27.5 Å². The third kappa shape index (κ3) is 2.73. The first-order chi connectivity index (χ1) is 8.58. The molecule has 0 radical (unpaired) electrons. The first-order valence-corrected chi connectivity index (χ1v) is 5.88. The molecule has 0 heterocycles. The molecule has 0 saturated heterocycles. The summed E-state index contributed by atoms with van der Waals surface area (Å²) in [4.78, 5) is 11.8. The van der Waals surface area contributed by atoms with E-state index >= 15 is 0 Å². The molecular formula is C13H8BrF2NO. The minimum absolute atomic E-state index is 0.0785. The van der Waals surface area contributed by atoms with Crippen molar-refractivity contribution in [2.45, 2.75) is 0 Å². The molecule has 0 saturated carbocycles. The Labute approximate surface area is 111 Å². The fraction of sp³-hybridized carbons (Fsp3) is 0. The van der Waals surface area contributed by atoms with Crippen molar-refractivity contribution in [1.82, 2.24) is 0 Å². The summed E-state index contributed by atoms with van der Waals surface area (Å²) in [6.07, 6.45) is 0. The molecule has 2 nitrogen and oxygen atoms in total. The number of benzene rings is 2. The summed E-state index contributed by atoms with van der Waals surface area (Å²) in [5.74, 6) is -2.00. The van der Waals surface area contributed by atoms with Crippen LogP contribution in [0.1, 0.15) is 10.4 Å². The van der Waals surface area contributed by atoms with Crippen LogP contribution in [0.4, 0.5) is 14.5 Å². The Hall–Kier alpha value is -1.75. The van der Waals surface area contributed by atoms with Crippen LogP contribution in [-0.2, 0) is 0 Å². The van der Waals surface area contributed by atoms with Crippen molar-refractivity contribution in [3.8, 4) is 0 Å². The lowest BCUT2D eigenvalue weighted by Crippen LogP contribution is -2.13.